The molecule has 1 aliphatic heterocycles. The first-order valence-corrected chi connectivity index (χ1v) is 19.2. The molecular formula is C42H49ClN6O6. The molecule has 2 aromatic heterocycles. The second-order valence-electron chi connectivity index (χ2n) is 14.7. The van der Waals surface area contributed by atoms with Gasteiger partial charge in [0.25, 0.3) is 11.5 Å². The lowest BCUT2D eigenvalue weighted by molar-refractivity contribution is -0.140. The second kappa shape index (κ2) is 18.2. The van der Waals surface area contributed by atoms with Crippen molar-refractivity contribution < 1.29 is 24.5 Å². The van der Waals surface area contributed by atoms with Gasteiger partial charge in [-0.2, -0.15) is 0 Å². The number of likely N-dealkylation sites (tertiary alicyclic amines) is 1. The smallest absolute Gasteiger partial charge is 0.261 e. The average molecular weight is 769 g/mol. The van der Waals surface area contributed by atoms with Gasteiger partial charge in [0, 0.05) is 49.1 Å². The van der Waals surface area contributed by atoms with Crippen LogP contribution in [0.25, 0.3) is 21.8 Å². The summed E-state index contributed by atoms with van der Waals surface area (Å²) in [5, 5.41) is 25.7. The number of ether oxygens (including phenoxy) is 1. The van der Waals surface area contributed by atoms with Gasteiger partial charge in [-0.3, -0.25) is 23.9 Å². The lowest BCUT2D eigenvalue weighted by Crippen LogP contribution is -2.51. The number of nitrogens with one attached hydrogen (secondary N) is 1. The maximum Gasteiger partial charge on any atom is 0.261 e. The van der Waals surface area contributed by atoms with Crippen LogP contribution in [0.5, 0.6) is 5.75 Å². The molecule has 0 spiro atoms. The van der Waals surface area contributed by atoms with E-state index in [-0.39, 0.29) is 36.4 Å². The van der Waals surface area contributed by atoms with Crippen molar-refractivity contribution in [2.24, 2.45) is 5.92 Å². The maximum absolute atomic E-state index is 14.0. The van der Waals surface area contributed by atoms with Gasteiger partial charge in [-0.15, -0.1) is 0 Å². The van der Waals surface area contributed by atoms with E-state index in [4.69, 9.17) is 16.3 Å². The first-order valence-electron chi connectivity index (χ1n) is 18.8. The average Bonchev–Trinajstić information content (AvgIpc) is 3.18. The van der Waals surface area contributed by atoms with Gasteiger partial charge in [0.15, 0.2) is 0 Å². The van der Waals surface area contributed by atoms with Gasteiger partial charge in [0.2, 0.25) is 5.91 Å². The Kier molecular flexibility index (Phi) is 13.1. The molecule has 1 fully saturated rings. The van der Waals surface area contributed by atoms with Gasteiger partial charge in [0.05, 0.1) is 58.8 Å². The first kappa shape index (κ1) is 39.8. The number of nitrogens with zero attached hydrogens (tertiary/aromatic N) is 5. The highest BCUT2D eigenvalue weighted by atomic mass is 35.5. The van der Waals surface area contributed by atoms with Gasteiger partial charge >= 0.3 is 0 Å². The molecule has 0 radical (unpaired) electrons. The number of piperidine rings is 1. The van der Waals surface area contributed by atoms with E-state index in [0.717, 1.165) is 18.5 Å². The third kappa shape index (κ3) is 10.3. The van der Waals surface area contributed by atoms with E-state index in [1.54, 1.807) is 42.5 Å². The Hall–Kier alpha value is -4.88. The number of hydrogen-bond acceptors (Lipinski definition) is 9. The predicted octanol–water partition coefficient (Wildman–Crippen LogP) is 4.84. The summed E-state index contributed by atoms with van der Waals surface area (Å²) in [5.74, 6) is 0.0913. The highest BCUT2D eigenvalue weighted by Crippen LogP contribution is 2.28. The molecule has 0 aliphatic carbocycles. The Morgan fingerprint density at radius 1 is 1.00 bits per heavy atom. The van der Waals surface area contributed by atoms with Crippen molar-refractivity contribution in [2.75, 3.05) is 46.9 Å². The third-order valence-electron chi connectivity index (χ3n) is 10.2. The molecule has 3 aromatic carbocycles. The molecule has 1 aliphatic rings. The number of pyridine rings is 1. The van der Waals surface area contributed by atoms with Crippen LogP contribution in [0.15, 0.2) is 83.9 Å². The summed E-state index contributed by atoms with van der Waals surface area (Å²) in [6.07, 6.45) is 4.70. The van der Waals surface area contributed by atoms with Gasteiger partial charge < -0.3 is 30.1 Å². The number of aliphatic hydroxyl groups is 2. The van der Waals surface area contributed by atoms with Crippen molar-refractivity contribution in [1.29, 1.82) is 0 Å². The maximum atomic E-state index is 14.0. The van der Waals surface area contributed by atoms with Crippen LogP contribution in [-0.4, -0.2) is 98.8 Å². The van der Waals surface area contributed by atoms with Crippen molar-refractivity contribution in [3.8, 4) is 5.75 Å². The van der Waals surface area contributed by atoms with Gasteiger partial charge in [-0.1, -0.05) is 48.0 Å². The Morgan fingerprint density at radius 3 is 2.51 bits per heavy atom. The molecule has 0 bridgehead atoms. The summed E-state index contributed by atoms with van der Waals surface area (Å²) >= 11 is 6.32. The fraction of sp³-hybridized carbons (Fsp3) is 0.405. The fourth-order valence-corrected chi connectivity index (χ4v) is 7.40. The normalized spacial score (nSPS) is 14.7. The molecule has 55 heavy (non-hydrogen) atoms. The minimum absolute atomic E-state index is 0.0127. The summed E-state index contributed by atoms with van der Waals surface area (Å²) in [7, 11) is 4.03. The number of rotatable bonds is 16. The van der Waals surface area contributed by atoms with Crippen LogP contribution in [0.2, 0.25) is 5.02 Å². The minimum atomic E-state index is -1.17. The van der Waals surface area contributed by atoms with E-state index in [2.05, 4.69) is 20.2 Å². The summed E-state index contributed by atoms with van der Waals surface area (Å²) in [4.78, 5) is 53.3. The number of benzene rings is 3. The van der Waals surface area contributed by atoms with Gasteiger partial charge in [0.1, 0.15) is 5.75 Å². The molecule has 13 heteroatoms. The number of aliphatic hydroxyl groups excluding tert-OH is 1. The van der Waals surface area contributed by atoms with Crippen LogP contribution in [-0.2, 0) is 24.4 Å². The van der Waals surface area contributed by atoms with Crippen molar-refractivity contribution in [1.82, 2.24) is 29.7 Å². The van der Waals surface area contributed by atoms with Gasteiger partial charge in [-0.25, -0.2) is 4.98 Å². The molecule has 5 aromatic rings. The van der Waals surface area contributed by atoms with Crippen LogP contribution in [0.1, 0.15) is 53.7 Å². The zero-order valence-electron chi connectivity index (χ0n) is 31.4. The number of halogens is 1. The summed E-state index contributed by atoms with van der Waals surface area (Å²) in [5.41, 5.74) is 1.56. The van der Waals surface area contributed by atoms with Crippen LogP contribution >= 0.6 is 11.6 Å². The van der Waals surface area contributed by atoms with E-state index >= 15 is 0 Å². The number of hydrogen-bond donors (Lipinski definition) is 3. The van der Waals surface area contributed by atoms with E-state index in [0.29, 0.717) is 102 Å². The van der Waals surface area contributed by atoms with E-state index in [1.165, 1.54) is 10.9 Å². The Labute approximate surface area is 325 Å². The highest BCUT2D eigenvalue weighted by molar-refractivity contribution is 6.35. The highest BCUT2D eigenvalue weighted by Gasteiger charge is 2.36. The lowest BCUT2D eigenvalue weighted by Gasteiger charge is -2.39. The van der Waals surface area contributed by atoms with Crippen LogP contribution < -0.4 is 15.6 Å². The van der Waals surface area contributed by atoms with Crippen LogP contribution in [0.3, 0.4) is 0 Å². The van der Waals surface area contributed by atoms with E-state index in [9.17, 15) is 24.6 Å². The largest absolute Gasteiger partial charge is 0.493 e. The molecule has 1 atom stereocenters. The predicted molar refractivity (Wildman–Crippen MR) is 213 cm³/mol. The summed E-state index contributed by atoms with van der Waals surface area (Å²) in [6.45, 7) is 2.40. The number of carbonyl (C=O) groups is 2. The Balaban J connectivity index is 1.04. The third-order valence-corrected chi connectivity index (χ3v) is 10.5. The van der Waals surface area contributed by atoms with Crippen LogP contribution in [0.4, 0.5) is 0 Å². The zero-order chi connectivity index (χ0) is 39.0. The number of carbonyl (C=O) groups excluding carboxylic acids is 2. The number of fused-ring (bicyclic) bond motifs is 2. The minimum Gasteiger partial charge on any atom is -0.493 e. The quantitative estimate of drug-likeness (QED) is 0.120. The second-order valence-corrected chi connectivity index (χ2v) is 15.1. The van der Waals surface area contributed by atoms with Crippen molar-refractivity contribution in [3.05, 3.63) is 111 Å². The zero-order valence-corrected chi connectivity index (χ0v) is 32.2. The molecule has 1 saturated heterocycles. The van der Waals surface area contributed by atoms with Crippen molar-refractivity contribution in [2.45, 2.75) is 57.3 Å². The summed E-state index contributed by atoms with van der Waals surface area (Å²) < 4.78 is 7.31. The molecule has 12 nitrogen and oxygen atoms in total. The molecule has 0 saturated carbocycles. The molecule has 3 N–H and O–H groups in total. The molecule has 290 valence electrons. The van der Waals surface area contributed by atoms with Crippen LogP contribution in [0, 0.1) is 5.92 Å². The molecule has 0 unspecified atom stereocenters. The first-order chi connectivity index (χ1) is 26.5. The fourth-order valence-electron chi connectivity index (χ4n) is 7.11. The molecule has 6 rings (SSSR count). The standard InChI is InChI=1S/C42H49ClN6O6/c1-47(2)18-7-21-55-33-12-14-35-37(25-33)45-28-49(41(35)53)27-42(54)15-19-48(20-16-42)40(52)31(22-29-8-4-3-5-9-29)10-6-17-44-39(51)30-11-13-34-36(43)24-32(26-50)46-38(34)23-30/h3-5,8-9,11-14,23-25,28,31,50,54H,6-7,10,15-22,26-27H2,1-2H3,(H,44,51)/t31-/m0/s1. The monoisotopic (exact) mass is 768 g/mol. The molecular weight excluding hydrogens is 720 g/mol. The topological polar surface area (TPSA) is 150 Å². The number of amides is 2. The van der Waals surface area contributed by atoms with Crippen molar-refractivity contribution in [3.63, 3.8) is 0 Å². The van der Waals surface area contributed by atoms with E-state index < -0.39 is 5.60 Å². The molecule has 2 amide bonds. The number of aromatic nitrogens is 3. The SMILES string of the molecule is CN(C)CCCOc1ccc2c(=O)n(CC3(O)CCN(C(=O)[C@@H](CCCNC(=O)c4ccc5c(Cl)cc(CO)nc5c4)Cc4ccccc4)CC3)cnc2c1. The lowest BCUT2D eigenvalue weighted by atomic mass is 9.88. The van der Waals surface area contributed by atoms with E-state index in [1.807, 2.05) is 49.3 Å². The summed E-state index contributed by atoms with van der Waals surface area (Å²) in [6, 6.07) is 21.8. The Morgan fingerprint density at radius 2 is 1.76 bits per heavy atom. The van der Waals surface area contributed by atoms with Crippen molar-refractivity contribution >= 4 is 45.2 Å². The molecule has 3 heterocycles. The Bertz CT molecular complexity index is 2170. The van der Waals surface area contributed by atoms with Gasteiger partial charge in [-0.05, 0) is 88.5 Å².